The van der Waals surface area contributed by atoms with Gasteiger partial charge in [0.1, 0.15) is 6.10 Å². The molecular formula is C13H14BrClO4S. The number of benzene rings is 1. The van der Waals surface area contributed by atoms with Crippen molar-refractivity contribution in [1.82, 2.24) is 0 Å². The fraction of sp³-hybridized carbons (Fsp3) is 0.462. The maximum absolute atomic E-state index is 12.1. The predicted molar refractivity (Wildman–Crippen MR) is 79.6 cm³/mol. The molecule has 0 spiro atoms. The van der Waals surface area contributed by atoms with E-state index in [1.54, 1.807) is 13.0 Å². The van der Waals surface area contributed by atoms with Crippen molar-refractivity contribution in [2.75, 3.05) is 0 Å². The monoisotopic (exact) mass is 380 g/mol. The molecule has 1 aliphatic rings. The Balaban J connectivity index is 2.32. The van der Waals surface area contributed by atoms with Gasteiger partial charge in [-0.3, -0.25) is 0 Å². The van der Waals surface area contributed by atoms with E-state index in [0.29, 0.717) is 10.0 Å². The fourth-order valence-electron chi connectivity index (χ4n) is 2.26. The lowest BCUT2D eigenvalue weighted by molar-refractivity contribution is 0.0317. The molecule has 4 nitrogen and oxygen atoms in total. The molecule has 0 heterocycles. The van der Waals surface area contributed by atoms with E-state index in [2.05, 4.69) is 15.9 Å². The minimum absolute atomic E-state index is 0.0671. The number of carbonyl (C=O) groups is 1. The molecule has 0 saturated heterocycles. The molecule has 1 aromatic carbocycles. The quantitative estimate of drug-likeness (QED) is 0.590. The number of esters is 1. The maximum atomic E-state index is 12.1. The zero-order chi connectivity index (χ0) is 14.9. The third-order valence-electron chi connectivity index (χ3n) is 3.30. The Kier molecular flexibility index (Phi) is 4.76. The molecule has 0 bridgehead atoms. The lowest BCUT2D eigenvalue weighted by Gasteiger charge is -2.13. The van der Waals surface area contributed by atoms with Gasteiger partial charge in [0, 0.05) is 15.2 Å². The molecule has 2 rings (SSSR count). The van der Waals surface area contributed by atoms with Gasteiger partial charge in [0.05, 0.1) is 10.5 Å². The Labute approximate surface area is 131 Å². The molecule has 0 aromatic heterocycles. The van der Waals surface area contributed by atoms with Gasteiger partial charge < -0.3 is 4.74 Å². The van der Waals surface area contributed by atoms with Crippen LogP contribution in [0.15, 0.2) is 21.5 Å². The summed E-state index contributed by atoms with van der Waals surface area (Å²) in [5, 5.41) is 0. The maximum Gasteiger partial charge on any atom is 0.338 e. The lowest BCUT2D eigenvalue weighted by Crippen LogP contribution is -2.15. The second kappa shape index (κ2) is 6.03. The molecule has 0 radical (unpaired) electrons. The summed E-state index contributed by atoms with van der Waals surface area (Å²) in [6.07, 6.45) is 3.77. The lowest BCUT2D eigenvalue weighted by atomic mass is 10.1. The molecule has 110 valence electrons. The molecule has 0 aliphatic heterocycles. The van der Waals surface area contributed by atoms with Crippen molar-refractivity contribution in [1.29, 1.82) is 0 Å². The SMILES string of the molecule is Cc1cc(C(=O)OC2CCCC2)cc(S(=O)(=O)Cl)c1Br. The van der Waals surface area contributed by atoms with Crippen LogP contribution in [0.3, 0.4) is 0 Å². The van der Waals surface area contributed by atoms with Gasteiger partial charge in [-0.15, -0.1) is 0 Å². The smallest absolute Gasteiger partial charge is 0.338 e. The van der Waals surface area contributed by atoms with Crippen molar-refractivity contribution in [3.8, 4) is 0 Å². The predicted octanol–water partition coefficient (Wildman–Crippen LogP) is 3.78. The summed E-state index contributed by atoms with van der Waals surface area (Å²) in [6, 6.07) is 2.84. The van der Waals surface area contributed by atoms with E-state index in [4.69, 9.17) is 15.4 Å². The zero-order valence-electron chi connectivity index (χ0n) is 10.9. The van der Waals surface area contributed by atoms with Crippen molar-refractivity contribution >= 4 is 41.6 Å². The molecule has 0 atom stereocenters. The van der Waals surface area contributed by atoms with Crippen LogP contribution >= 0.6 is 26.6 Å². The van der Waals surface area contributed by atoms with E-state index in [9.17, 15) is 13.2 Å². The van der Waals surface area contributed by atoms with Gasteiger partial charge >= 0.3 is 5.97 Å². The van der Waals surface area contributed by atoms with E-state index in [1.807, 2.05) is 0 Å². The van der Waals surface area contributed by atoms with Crippen LogP contribution in [0.1, 0.15) is 41.6 Å². The van der Waals surface area contributed by atoms with Crippen LogP contribution in [-0.2, 0) is 13.8 Å². The molecule has 0 unspecified atom stereocenters. The number of rotatable bonds is 3. The van der Waals surface area contributed by atoms with Crippen LogP contribution in [0, 0.1) is 6.92 Å². The number of carbonyl (C=O) groups excluding carboxylic acids is 1. The van der Waals surface area contributed by atoms with E-state index in [-0.39, 0.29) is 16.6 Å². The van der Waals surface area contributed by atoms with Gasteiger partial charge in [0.25, 0.3) is 9.05 Å². The topological polar surface area (TPSA) is 60.4 Å². The largest absolute Gasteiger partial charge is 0.459 e. The number of halogens is 2. The summed E-state index contributed by atoms with van der Waals surface area (Å²) in [5.41, 5.74) is 0.821. The van der Waals surface area contributed by atoms with Gasteiger partial charge in [-0.2, -0.15) is 0 Å². The van der Waals surface area contributed by atoms with E-state index in [1.165, 1.54) is 6.07 Å². The van der Waals surface area contributed by atoms with Crippen molar-refractivity contribution in [3.63, 3.8) is 0 Å². The average Bonchev–Trinajstić information content (AvgIpc) is 2.83. The molecule has 1 aromatic rings. The Morgan fingerprint density at radius 1 is 1.35 bits per heavy atom. The number of hydrogen-bond donors (Lipinski definition) is 0. The van der Waals surface area contributed by atoms with Crippen LogP contribution in [-0.4, -0.2) is 20.5 Å². The second-order valence-corrected chi connectivity index (χ2v) is 8.18. The third-order valence-corrected chi connectivity index (χ3v) is 5.96. The summed E-state index contributed by atoms with van der Waals surface area (Å²) >= 11 is 3.17. The Hall–Kier alpha value is -0.590. The van der Waals surface area contributed by atoms with Crippen molar-refractivity contribution in [2.24, 2.45) is 0 Å². The zero-order valence-corrected chi connectivity index (χ0v) is 14.0. The van der Waals surface area contributed by atoms with E-state index < -0.39 is 15.0 Å². The highest BCUT2D eigenvalue weighted by Crippen LogP contribution is 2.30. The van der Waals surface area contributed by atoms with E-state index >= 15 is 0 Å². The summed E-state index contributed by atoms with van der Waals surface area (Å²) in [7, 11) is 1.45. The minimum Gasteiger partial charge on any atom is -0.459 e. The fourth-order valence-corrected chi connectivity index (χ4v) is 4.41. The van der Waals surface area contributed by atoms with Crippen LogP contribution in [0.25, 0.3) is 0 Å². The molecular weight excluding hydrogens is 368 g/mol. The standard InChI is InChI=1S/C13H14BrClO4S/c1-8-6-9(7-11(12(8)14)20(15,17)18)13(16)19-10-4-2-3-5-10/h6-7,10H,2-5H2,1H3. The summed E-state index contributed by atoms with van der Waals surface area (Å²) < 4.78 is 28.8. The van der Waals surface area contributed by atoms with Crippen molar-refractivity contribution < 1.29 is 17.9 Å². The van der Waals surface area contributed by atoms with Crippen LogP contribution in [0.4, 0.5) is 0 Å². The van der Waals surface area contributed by atoms with Crippen LogP contribution < -0.4 is 0 Å². The highest BCUT2D eigenvalue weighted by Gasteiger charge is 2.23. The summed E-state index contributed by atoms with van der Waals surface area (Å²) in [4.78, 5) is 12.0. The van der Waals surface area contributed by atoms with Crippen LogP contribution in [0.5, 0.6) is 0 Å². The average molecular weight is 382 g/mol. The number of ether oxygens (including phenoxy) is 1. The number of hydrogen-bond acceptors (Lipinski definition) is 4. The van der Waals surface area contributed by atoms with Crippen molar-refractivity contribution in [2.45, 2.75) is 43.6 Å². The Morgan fingerprint density at radius 2 is 1.95 bits per heavy atom. The Bertz CT molecular complexity index is 636. The molecule has 0 amide bonds. The van der Waals surface area contributed by atoms with Crippen molar-refractivity contribution in [3.05, 3.63) is 27.7 Å². The van der Waals surface area contributed by atoms with Gasteiger partial charge in [-0.05, 0) is 66.2 Å². The van der Waals surface area contributed by atoms with Gasteiger partial charge in [-0.1, -0.05) is 0 Å². The first-order valence-corrected chi connectivity index (χ1v) is 9.35. The third kappa shape index (κ3) is 3.54. The molecule has 0 N–H and O–H groups in total. The van der Waals surface area contributed by atoms with E-state index in [0.717, 1.165) is 25.7 Å². The molecule has 1 saturated carbocycles. The van der Waals surface area contributed by atoms with Gasteiger partial charge in [0.2, 0.25) is 0 Å². The molecule has 7 heteroatoms. The number of aryl methyl sites for hydroxylation is 1. The second-order valence-electron chi connectivity index (χ2n) is 4.85. The highest BCUT2D eigenvalue weighted by molar-refractivity contribution is 9.10. The highest BCUT2D eigenvalue weighted by atomic mass is 79.9. The first-order chi connectivity index (χ1) is 9.29. The van der Waals surface area contributed by atoms with Crippen LogP contribution in [0.2, 0.25) is 0 Å². The van der Waals surface area contributed by atoms with Gasteiger partial charge in [-0.25, -0.2) is 13.2 Å². The first kappa shape index (κ1) is 15.8. The summed E-state index contributed by atoms with van der Waals surface area (Å²) in [5.74, 6) is -0.505. The molecule has 1 fully saturated rings. The first-order valence-electron chi connectivity index (χ1n) is 6.25. The van der Waals surface area contributed by atoms with Gasteiger partial charge in [0.15, 0.2) is 0 Å². The minimum atomic E-state index is -3.92. The summed E-state index contributed by atoms with van der Waals surface area (Å²) in [6.45, 7) is 1.70. The Morgan fingerprint density at radius 3 is 2.50 bits per heavy atom. The normalized spacial score (nSPS) is 16.4. The molecule has 1 aliphatic carbocycles. The molecule has 20 heavy (non-hydrogen) atoms.